The lowest BCUT2D eigenvalue weighted by Gasteiger charge is -2.14. The molecule has 0 spiro atoms. The van der Waals surface area contributed by atoms with Crippen LogP contribution in [0.25, 0.3) is 0 Å². The number of hydrogen-bond acceptors (Lipinski definition) is 4. The number of thiophene rings is 1. The minimum absolute atomic E-state index is 0. The minimum Gasteiger partial charge on any atom is -0.350 e. The van der Waals surface area contributed by atoms with E-state index in [-0.39, 0.29) is 30.3 Å². The average molecular weight is 366 g/mol. The first-order valence-electron chi connectivity index (χ1n) is 7.63. The molecule has 5 nitrogen and oxygen atoms in total. The molecule has 1 aliphatic rings. The third-order valence-electron chi connectivity index (χ3n) is 3.89. The van der Waals surface area contributed by atoms with Crippen molar-refractivity contribution in [2.45, 2.75) is 18.9 Å². The molecule has 1 aliphatic carbocycles. The summed E-state index contributed by atoms with van der Waals surface area (Å²) in [5, 5.41) is 7.49. The second kappa shape index (κ2) is 8.28. The molecular weight excluding hydrogens is 346 g/mol. The maximum Gasteiger partial charge on any atom is 0.265 e. The maximum absolute atomic E-state index is 12.4. The number of benzene rings is 1. The van der Waals surface area contributed by atoms with Crippen LogP contribution in [0.1, 0.15) is 32.9 Å². The van der Waals surface area contributed by atoms with E-state index in [0.29, 0.717) is 28.6 Å². The highest BCUT2D eigenvalue weighted by Gasteiger charge is 2.28. The fourth-order valence-corrected chi connectivity index (χ4v) is 3.00. The second-order valence-corrected chi connectivity index (χ2v) is 6.64. The van der Waals surface area contributed by atoms with E-state index in [0.717, 1.165) is 12.8 Å². The number of nitrogens with two attached hydrogens (primary N) is 1. The highest BCUT2D eigenvalue weighted by molar-refractivity contribution is 7.12. The molecule has 24 heavy (non-hydrogen) atoms. The Kier molecular flexibility index (Phi) is 6.36. The minimum atomic E-state index is -0.219. The standard InChI is InChI=1S/C17H19N3O2S.ClH/c18-13(11-7-8-11)10-19-16(21)12-4-1-2-5-14(12)20-17(22)15-6-3-9-23-15;/h1-6,9,11,13H,7-8,10,18H2,(H,19,21)(H,20,22);1H. The summed E-state index contributed by atoms with van der Waals surface area (Å²) in [6.07, 6.45) is 2.29. The van der Waals surface area contributed by atoms with Gasteiger partial charge in [-0.05, 0) is 42.3 Å². The molecule has 0 bridgehead atoms. The maximum atomic E-state index is 12.4. The molecule has 0 radical (unpaired) electrons. The zero-order valence-corrected chi connectivity index (χ0v) is 14.7. The number of anilines is 1. The lowest BCUT2D eigenvalue weighted by molar-refractivity contribution is 0.0951. The van der Waals surface area contributed by atoms with E-state index in [4.69, 9.17) is 5.73 Å². The molecule has 1 atom stereocenters. The van der Waals surface area contributed by atoms with E-state index in [1.54, 1.807) is 30.3 Å². The van der Waals surface area contributed by atoms with Crippen LogP contribution in [0.3, 0.4) is 0 Å². The van der Waals surface area contributed by atoms with E-state index in [1.807, 2.05) is 11.4 Å². The van der Waals surface area contributed by atoms with Crippen molar-refractivity contribution >= 4 is 41.2 Å². The summed E-state index contributed by atoms with van der Waals surface area (Å²) in [6, 6.07) is 10.6. The molecule has 128 valence electrons. The lowest BCUT2D eigenvalue weighted by Crippen LogP contribution is -2.38. The number of para-hydroxylation sites is 1. The van der Waals surface area contributed by atoms with Gasteiger partial charge < -0.3 is 16.4 Å². The number of carbonyl (C=O) groups is 2. The van der Waals surface area contributed by atoms with Crippen LogP contribution in [-0.4, -0.2) is 24.4 Å². The normalized spacial score (nSPS) is 14.4. The molecule has 1 aromatic heterocycles. The van der Waals surface area contributed by atoms with Gasteiger partial charge in [0.15, 0.2) is 0 Å². The zero-order valence-electron chi connectivity index (χ0n) is 13.0. The predicted octanol–water partition coefficient (Wildman–Crippen LogP) is 2.89. The number of nitrogens with one attached hydrogen (secondary N) is 2. The van der Waals surface area contributed by atoms with Crippen molar-refractivity contribution in [3.8, 4) is 0 Å². The van der Waals surface area contributed by atoms with E-state index in [1.165, 1.54) is 11.3 Å². The number of halogens is 1. The fraction of sp³-hybridized carbons (Fsp3) is 0.294. The highest BCUT2D eigenvalue weighted by atomic mass is 35.5. The summed E-state index contributed by atoms with van der Waals surface area (Å²) in [6.45, 7) is 0.455. The Balaban J connectivity index is 0.00000208. The van der Waals surface area contributed by atoms with Gasteiger partial charge in [-0.2, -0.15) is 0 Å². The Morgan fingerprint density at radius 2 is 1.92 bits per heavy atom. The van der Waals surface area contributed by atoms with Crippen molar-refractivity contribution in [2.24, 2.45) is 11.7 Å². The molecule has 2 aromatic rings. The molecule has 1 saturated carbocycles. The first kappa shape index (κ1) is 18.4. The average Bonchev–Trinajstić information content (AvgIpc) is 3.27. The number of hydrogen-bond donors (Lipinski definition) is 3. The number of amides is 2. The van der Waals surface area contributed by atoms with Crippen molar-refractivity contribution in [2.75, 3.05) is 11.9 Å². The van der Waals surface area contributed by atoms with Gasteiger partial charge in [0.05, 0.1) is 16.1 Å². The Hall–Kier alpha value is -1.89. The first-order chi connectivity index (χ1) is 11.1. The Bertz CT molecular complexity index is 702. The van der Waals surface area contributed by atoms with Gasteiger partial charge in [0.2, 0.25) is 0 Å². The van der Waals surface area contributed by atoms with Crippen molar-refractivity contribution in [1.29, 1.82) is 0 Å². The molecule has 1 aromatic carbocycles. The van der Waals surface area contributed by atoms with Gasteiger partial charge in [-0.25, -0.2) is 0 Å². The summed E-state index contributed by atoms with van der Waals surface area (Å²) in [7, 11) is 0. The van der Waals surface area contributed by atoms with Crippen LogP contribution in [0.15, 0.2) is 41.8 Å². The first-order valence-corrected chi connectivity index (χ1v) is 8.51. The van der Waals surface area contributed by atoms with Gasteiger partial charge >= 0.3 is 0 Å². The van der Waals surface area contributed by atoms with Crippen LogP contribution < -0.4 is 16.4 Å². The predicted molar refractivity (Wildman–Crippen MR) is 99.0 cm³/mol. The summed E-state index contributed by atoms with van der Waals surface area (Å²) in [4.78, 5) is 25.1. The third-order valence-corrected chi connectivity index (χ3v) is 4.76. The molecule has 0 saturated heterocycles. The molecule has 4 N–H and O–H groups in total. The Morgan fingerprint density at radius 3 is 2.58 bits per heavy atom. The number of carbonyl (C=O) groups excluding carboxylic acids is 2. The molecule has 7 heteroatoms. The summed E-state index contributed by atoms with van der Waals surface area (Å²) >= 11 is 1.36. The van der Waals surface area contributed by atoms with Gasteiger partial charge in [-0.15, -0.1) is 23.7 Å². The fourth-order valence-electron chi connectivity index (χ4n) is 2.38. The van der Waals surface area contributed by atoms with Crippen molar-refractivity contribution in [3.63, 3.8) is 0 Å². The number of rotatable bonds is 6. The van der Waals surface area contributed by atoms with E-state index < -0.39 is 0 Å². The largest absolute Gasteiger partial charge is 0.350 e. The summed E-state index contributed by atoms with van der Waals surface area (Å²) in [5.41, 5.74) is 6.95. The van der Waals surface area contributed by atoms with Crippen LogP contribution in [-0.2, 0) is 0 Å². The lowest BCUT2D eigenvalue weighted by atomic mass is 10.1. The smallest absolute Gasteiger partial charge is 0.265 e. The van der Waals surface area contributed by atoms with Gasteiger partial charge in [0.1, 0.15) is 0 Å². The highest BCUT2D eigenvalue weighted by Crippen LogP contribution is 2.31. The Labute approximate surface area is 151 Å². The second-order valence-electron chi connectivity index (χ2n) is 5.69. The van der Waals surface area contributed by atoms with Gasteiger partial charge in [0.25, 0.3) is 11.8 Å². The molecule has 2 amide bonds. The van der Waals surface area contributed by atoms with Crippen molar-refractivity contribution < 1.29 is 9.59 Å². The van der Waals surface area contributed by atoms with Crippen molar-refractivity contribution in [1.82, 2.24) is 5.32 Å². The van der Waals surface area contributed by atoms with Gasteiger partial charge in [-0.1, -0.05) is 18.2 Å². The third kappa shape index (κ3) is 4.56. The van der Waals surface area contributed by atoms with E-state index >= 15 is 0 Å². The van der Waals surface area contributed by atoms with Crippen molar-refractivity contribution in [3.05, 3.63) is 52.2 Å². The molecule has 1 fully saturated rings. The SMILES string of the molecule is Cl.NC(CNC(=O)c1ccccc1NC(=O)c1cccs1)C1CC1. The van der Waals surface area contributed by atoms with Crippen LogP contribution in [0.4, 0.5) is 5.69 Å². The van der Waals surface area contributed by atoms with Crippen LogP contribution in [0, 0.1) is 5.92 Å². The molecule has 1 heterocycles. The van der Waals surface area contributed by atoms with Crippen LogP contribution >= 0.6 is 23.7 Å². The van der Waals surface area contributed by atoms with Crippen LogP contribution in [0.2, 0.25) is 0 Å². The van der Waals surface area contributed by atoms with Gasteiger partial charge in [-0.3, -0.25) is 9.59 Å². The molecule has 3 rings (SSSR count). The summed E-state index contributed by atoms with van der Waals surface area (Å²) < 4.78 is 0. The van der Waals surface area contributed by atoms with E-state index in [9.17, 15) is 9.59 Å². The quantitative estimate of drug-likeness (QED) is 0.735. The monoisotopic (exact) mass is 365 g/mol. The summed E-state index contributed by atoms with van der Waals surface area (Å²) in [5.74, 6) is 0.0992. The Morgan fingerprint density at radius 1 is 1.17 bits per heavy atom. The zero-order chi connectivity index (χ0) is 16.2. The van der Waals surface area contributed by atoms with Gasteiger partial charge in [0, 0.05) is 12.6 Å². The topological polar surface area (TPSA) is 84.2 Å². The molecule has 0 aliphatic heterocycles. The van der Waals surface area contributed by atoms with E-state index in [2.05, 4.69) is 10.6 Å². The molecular formula is C17H20ClN3O2S. The molecule has 1 unspecified atom stereocenters. The van der Waals surface area contributed by atoms with Crippen LogP contribution in [0.5, 0.6) is 0 Å².